The summed E-state index contributed by atoms with van der Waals surface area (Å²) in [5, 5.41) is 10.7. The molecule has 2 aromatic heterocycles. The van der Waals surface area contributed by atoms with Crippen LogP contribution in [-0.2, 0) is 14.6 Å². The molecule has 9 nitrogen and oxygen atoms in total. The van der Waals surface area contributed by atoms with E-state index >= 15 is 0 Å². The number of fused-ring (bicyclic) bond motifs is 1. The molecular weight excluding hydrogens is 619 g/mol. The van der Waals surface area contributed by atoms with Gasteiger partial charge in [0.2, 0.25) is 11.9 Å². The number of carbonyl (C=O) groups excluding carboxylic acids is 1. The molecule has 0 bridgehead atoms. The summed E-state index contributed by atoms with van der Waals surface area (Å²) in [6, 6.07) is 21.4. The third-order valence-electron chi connectivity index (χ3n) is 6.60. The van der Waals surface area contributed by atoms with Crippen LogP contribution in [0.3, 0.4) is 0 Å². The number of anilines is 3. The number of nitrogens with one attached hydrogen (secondary N) is 2. The Morgan fingerprint density at radius 3 is 2.34 bits per heavy atom. The zero-order valence-electron chi connectivity index (χ0n) is 23.3. The zero-order chi connectivity index (χ0) is 31.6. The summed E-state index contributed by atoms with van der Waals surface area (Å²) in [5.74, 6) is -0.810. The maximum atomic E-state index is 12.8. The standard InChI is InChI=1S/C30H25ClF3N5O4S/c1-18(19-3-8-22(31)9-4-19)28(40)35-23-10-5-20(6-11-23)21-7-14-27-37-29(38-39(27)16-21)36-25-13-12-24(44(2,41)42)15-26(25)43-17-30(32,33)34/h3-16,18H,17H2,1-2H3,(H,35,40)(H,36,38)/t18-/m1/s1. The lowest BCUT2D eigenvalue weighted by molar-refractivity contribution is -0.153. The molecule has 0 saturated heterocycles. The SMILES string of the molecule is C[C@@H](C(=O)Nc1ccc(-c2ccc3nc(Nc4ccc(S(C)(=O)=O)cc4OCC(F)(F)F)nn3c2)cc1)c1ccc(Cl)cc1. The van der Waals surface area contributed by atoms with E-state index in [1.54, 1.807) is 36.5 Å². The Kier molecular flexibility index (Phi) is 8.53. The summed E-state index contributed by atoms with van der Waals surface area (Å²) >= 11 is 5.94. The molecular formula is C30H25ClF3N5O4S. The molecule has 0 aliphatic carbocycles. The number of aromatic nitrogens is 3. The van der Waals surface area contributed by atoms with E-state index in [0.29, 0.717) is 16.4 Å². The lowest BCUT2D eigenvalue weighted by Gasteiger charge is -2.14. The molecule has 0 unspecified atom stereocenters. The first kappa shape index (κ1) is 30.8. The molecule has 2 N–H and O–H groups in total. The van der Waals surface area contributed by atoms with Crippen LogP contribution in [0.4, 0.5) is 30.5 Å². The van der Waals surface area contributed by atoms with Gasteiger partial charge in [0.25, 0.3) is 0 Å². The third kappa shape index (κ3) is 7.47. The maximum Gasteiger partial charge on any atom is 0.422 e. The summed E-state index contributed by atoms with van der Waals surface area (Å²) < 4.78 is 68.7. The van der Waals surface area contributed by atoms with Gasteiger partial charge in [0, 0.05) is 34.8 Å². The monoisotopic (exact) mass is 643 g/mol. The van der Waals surface area contributed by atoms with Gasteiger partial charge in [-0.2, -0.15) is 18.2 Å². The highest BCUT2D eigenvalue weighted by Gasteiger charge is 2.29. The van der Waals surface area contributed by atoms with Crippen LogP contribution in [-0.4, -0.2) is 48.0 Å². The highest BCUT2D eigenvalue weighted by molar-refractivity contribution is 7.90. The molecule has 0 spiro atoms. The van der Waals surface area contributed by atoms with E-state index in [1.807, 2.05) is 37.3 Å². The summed E-state index contributed by atoms with van der Waals surface area (Å²) in [7, 11) is -3.70. The van der Waals surface area contributed by atoms with Gasteiger partial charge in [0.1, 0.15) is 5.75 Å². The number of nitrogens with zero attached hydrogens (tertiary/aromatic N) is 3. The molecule has 5 rings (SSSR count). The summed E-state index contributed by atoms with van der Waals surface area (Å²) in [6.45, 7) is 0.200. The number of alkyl halides is 3. The molecule has 228 valence electrons. The number of benzene rings is 3. The van der Waals surface area contributed by atoms with Gasteiger partial charge in [0.05, 0.1) is 16.5 Å². The van der Waals surface area contributed by atoms with Crippen LogP contribution in [0.25, 0.3) is 16.8 Å². The maximum absolute atomic E-state index is 12.8. The minimum atomic E-state index is -4.63. The van der Waals surface area contributed by atoms with E-state index in [-0.39, 0.29) is 34.1 Å². The Morgan fingerprint density at radius 1 is 1.00 bits per heavy atom. The molecule has 1 amide bonds. The van der Waals surface area contributed by atoms with Gasteiger partial charge >= 0.3 is 6.18 Å². The molecule has 14 heteroatoms. The van der Waals surface area contributed by atoms with Gasteiger partial charge in [-0.25, -0.2) is 12.9 Å². The van der Waals surface area contributed by atoms with E-state index in [0.717, 1.165) is 29.0 Å². The molecule has 0 fully saturated rings. The van der Waals surface area contributed by atoms with Gasteiger partial charge in [-0.15, -0.1) is 5.10 Å². The lowest BCUT2D eigenvalue weighted by atomic mass is 10.0. The fraction of sp³-hybridized carbons (Fsp3) is 0.167. The second-order valence-corrected chi connectivity index (χ2v) is 12.4. The van der Waals surface area contributed by atoms with Crippen LogP contribution in [0.1, 0.15) is 18.4 Å². The van der Waals surface area contributed by atoms with E-state index in [4.69, 9.17) is 16.3 Å². The van der Waals surface area contributed by atoms with E-state index < -0.39 is 22.6 Å². The van der Waals surface area contributed by atoms with Crippen molar-refractivity contribution in [2.24, 2.45) is 0 Å². The Labute approximate surface area is 255 Å². The molecule has 1 atom stereocenters. The fourth-order valence-electron chi connectivity index (χ4n) is 4.24. The third-order valence-corrected chi connectivity index (χ3v) is 7.96. The first-order chi connectivity index (χ1) is 20.7. The average Bonchev–Trinajstić information content (AvgIpc) is 3.37. The molecule has 44 heavy (non-hydrogen) atoms. The number of halogens is 4. The summed E-state index contributed by atoms with van der Waals surface area (Å²) in [6.07, 6.45) is -1.97. The Morgan fingerprint density at radius 2 is 1.68 bits per heavy atom. The predicted octanol–water partition coefficient (Wildman–Crippen LogP) is 6.88. The van der Waals surface area contributed by atoms with E-state index in [2.05, 4.69) is 20.7 Å². The van der Waals surface area contributed by atoms with E-state index in [9.17, 15) is 26.4 Å². The van der Waals surface area contributed by atoms with Crippen molar-refractivity contribution in [1.82, 2.24) is 14.6 Å². The molecule has 0 aliphatic rings. The summed E-state index contributed by atoms with van der Waals surface area (Å²) in [4.78, 5) is 16.9. The highest BCUT2D eigenvalue weighted by atomic mass is 35.5. The number of amides is 1. The van der Waals surface area contributed by atoms with Crippen LogP contribution in [0.5, 0.6) is 5.75 Å². The van der Waals surface area contributed by atoms with Gasteiger partial charge in [-0.3, -0.25) is 4.79 Å². The fourth-order valence-corrected chi connectivity index (χ4v) is 5.00. The lowest BCUT2D eigenvalue weighted by Crippen LogP contribution is -2.19. The molecule has 0 radical (unpaired) electrons. The Balaban J connectivity index is 1.32. The average molecular weight is 644 g/mol. The number of carbonyl (C=O) groups is 1. The topological polar surface area (TPSA) is 115 Å². The molecule has 0 saturated carbocycles. The Hall–Kier alpha value is -4.62. The number of sulfone groups is 1. The number of pyridine rings is 1. The smallest absolute Gasteiger partial charge is 0.422 e. The first-order valence-electron chi connectivity index (χ1n) is 13.1. The summed E-state index contributed by atoms with van der Waals surface area (Å²) in [5.41, 5.74) is 3.59. The molecule has 0 aliphatic heterocycles. The minimum absolute atomic E-state index is 0.0546. The van der Waals surface area contributed by atoms with Gasteiger partial charge in [-0.1, -0.05) is 35.9 Å². The van der Waals surface area contributed by atoms with Crippen molar-refractivity contribution >= 4 is 50.3 Å². The number of hydrogen-bond acceptors (Lipinski definition) is 7. The molecule has 3 aromatic carbocycles. The quantitative estimate of drug-likeness (QED) is 0.180. The number of rotatable bonds is 9. The van der Waals surface area contributed by atoms with Crippen molar-refractivity contribution < 1.29 is 31.1 Å². The van der Waals surface area contributed by atoms with Crippen LogP contribution in [0, 0.1) is 0 Å². The van der Waals surface area contributed by atoms with Crippen LogP contribution >= 0.6 is 11.6 Å². The van der Waals surface area contributed by atoms with Crippen molar-refractivity contribution in [3.8, 4) is 16.9 Å². The van der Waals surface area contributed by atoms with Gasteiger partial charge in [-0.05, 0) is 66.6 Å². The highest BCUT2D eigenvalue weighted by Crippen LogP contribution is 2.32. The second-order valence-electron chi connectivity index (χ2n) is 9.95. The normalized spacial score (nSPS) is 12.6. The van der Waals surface area contributed by atoms with Gasteiger partial charge in [0.15, 0.2) is 22.1 Å². The molecule has 2 heterocycles. The van der Waals surface area contributed by atoms with Crippen molar-refractivity contribution in [1.29, 1.82) is 0 Å². The second kappa shape index (κ2) is 12.2. The van der Waals surface area contributed by atoms with Crippen molar-refractivity contribution in [3.63, 3.8) is 0 Å². The Bertz CT molecular complexity index is 1930. The largest absolute Gasteiger partial charge is 0.482 e. The van der Waals surface area contributed by atoms with Crippen molar-refractivity contribution in [3.05, 3.63) is 95.6 Å². The predicted molar refractivity (Wildman–Crippen MR) is 161 cm³/mol. The van der Waals surface area contributed by atoms with Crippen molar-refractivity contribution in [2.75, 3.05) is 23.5 Å². The zero-order valence-corrected chi connectivity index (χ0v) is 24.8. The number of ether oxygens (including phenoxy) is 1. The van der Waals surface area contributed by atoms with Gasteiger partial charge < -0.3 is 15.4 Å². The van der Waals surface area contributed by atoms with Crippen LogP contribution in [0.2, 0.25) is 5.02 Å². The van der Waals surface area contributed by atoms with E-state index in [1.165, 1.54) is 16.6 Å². The number of hydrogen-bond donors (Lipinski definition) is 2. The first-order valence-corrected chi connectivity index (χ1v) is 15.4. The van der Waals surface area contributed by atoms with Crippen LogP contribution in [0.15, 0.2) is 90.0 Å². The van der Waals surface area contributed by atoms with Crippen molar-refractivity contribution in [2.45, 2.75) is 23.9 Å². The van der Waals surface area contributed by atoms with Crippen LogP contribution < -0.4 is 15.4 Å². The minimum Gasteiger partial charge on any atom is -0.482 e. The molecule has 5 aromatic rings.